The maximum atomic E-state index is 3.62. The summed E-state index contributed by atoms with van der Waals surface area (Å²) >= 11 is 0. The third kappa shape index (κ3) is 6.16. The highest BCUT2D eigenvalue weighted by molar-refractivity contribution is 4.69. The summed E-state index contributed by atoms with van der Waals surface area (Å²) in [6.45, 7) is 4.63. The maximum absolute atomic E-state index is 3.62. The molecule has 1 rings (SSSR count). The Morgan fingerprint density at radius 2 is 1.87 bits per heavy atom. The monoisotopic (exact) mass is 212 g/mol. The van der Waals surface area contributed by atoms with Gasteiger partial charge in [-0.15, -0.1) is 0 Å². The van der Waals surface area contributed by atoms with Crippen LogP contribution in [0, 0.1) is 5.92 Å². The summed E-state index contributed by atoms with van der Waals surface area (Å²) in [4.78, 5) is 2.25. The van der Waals surface area contributed by atoms with E-state index in [4.69, 9.17) is 0 Å². The Labute approximate surface area is 95.4 Å². The van der Waals surface area contributed by atoms with Crippen molar-refractivity contribution in [2.24, 2.45) is 5.92 Å². The summed E-state index contributed by atoms with van der Waals surface area (Å²) in [6, 6.07) is 0.628. The minimum atomic E-state index is 0.628. The van der Waals surface area contributed by atoms with E-state index in [0.29, 0.717) is 6.04 Å². The molecule has 1 saturated carbocycles. The summed E-state index contributed by atoms with van der Waals surface area (Å²) < 4.78 is 0. The van der Waals surface area contributed by atoms with E-state index in [-0.39, 0.29) is 0 Å². The first kappa shape index (κ1) is 13.0. The molecule has 1 atom stereocenters. The molecule has 0 aromatic heterocycles. The van der Waals surface area contributed by atoms with E-state index in [2.05, 4.69) is 31.2 Å². The van der Waals surface area contributed by atoms with Crippen LogP contribution in [0.5, 0.6) is 0 Å². The van der Waals surface area contributed by atoms with Crippen LogP contribution in [0.15, 0.2) is 0 Å². The Morgan fingerprint density at radius 1 is 1.20 bits per heavy atom. The van der Waals surface area contributed by atoms with E-state index < -0.39 is 0 Å². The molecule has 0 heterocycles. The van der Waals surface area contributed by atoms with Crippen LogP contribution >= 0.6 is 0 Å². The van der Waals surface area contributed by atoms with Crippen molar-refractivity contribution in [3.8, 4) is 0 Å². The Bertz CT molecular complexity index is 151. The number of hydrogen-bond donors (Lipinski definition) is 1. The molecular weight excluding hydrogens is 184 g/mol. The summed E-state index contributed by atoms with van der Waals surface area (Å²) in [6.07, 6.45) is 8.75. The zero-order chi connectivity index (χ0) is 11.1. The van der Waals surface area contributed by atoms with E-state index in [1.165, 1.54) is 45.1 Å². The lowest BCUT2D eigenvalue weighted by atomic mass is 9.87. The second-order valence-electron chi connectivity index (χ2n) is 5.41. The third-order valence-corrected chi connectivity index (χ3v) is 3.41. The van der Waals surface area contributed by atoms with Crippen LogP contribution in [0.3, 0.4) is 0 Å². The molecule has 1 unspecified atom stereocenters. The van der Waals surface area contributed by atoms with Crippen LogP contribution in [0.1, 0.15) is 45.4 Å². The number of likely N-dealkylation sites (N-methyl/N-ethyl adjacent to an activating group) is 1. The second kappa shape index (κ2) is 7.24. The quantitative estimate of drug-likeness (QED) is 0.728. The average molecular weight is 212 g/mol. The molecule has 1 N–H and O–H groups in total. The molecule has 1 aliphatic rings. The van der Waals surface area contributed by atoms with Crippen molar-refractivity contribution in [1.29, 1.82) is 0 Å². The van der Waals surface area contributed by atoms with Crippen LogP contribution in [0.2, 0.25) is 0 Å². The van der Waals surface area contributed by atoms with Gasteiger partial charge in [0, 0.05) is 12.6 Å². The Morgan fingerprint density at radius 3 is 2.47 bits per heavy atom. The first-order chi connectivity index (χ1) is 7.18. The highest BCUT2D eigenvalue weighted by Gasteiger charge is 2.13. The molecule has 15 heavy (non-hydrogen) atoms. The molecule has 1 aliphatic carbocycles. The smallest absolute Gasteiger partial charge is 0.0166 e. The molecule has 0 aromatic carbocycles. The molecule has 0 aromatic rings. The van der Waals surface area contributed by atoms with E-state index in [0.717, 1.165) is 12.5 Å². The van der Waals surface area contributed by atoms with Crippen molar-refractivity contribution in [2.75, 3.05) is 27.2 Å². The molecule has 0 spiro atoms. The van der Waals surface area contributed by atoms with Gasteiger partial charge >= 0.3 is 0 Å². The number of nitrogens with one attached hydrogen (secondary N) is 1. The summed E-state index contributed by atoms with van der Waals surface area (Å²) in [5.41, 5.74) is 0. The average Bonchev–Trinajstić information content (AvgIpc) is 2.18. The topological polar surface area (TPSA) is 15.3 Å². The van der Waals surface area contributed by atoms with Gasteiger partial charge in [-0.3, -0.25) is 0 Å². The van der Waals surface area contributed by atoms with Gasteiger partial charge in [0.05, 0.1) is 0 Å². The fourth-order valence-electron chi connectivity index (χ4n) is 2.62. The van der Waals surface area contributed by atoms with Crippen molar-refractivity contribution in [1.82, 2.24) is 10.2 Å². The van der Waals surface area contributed by atoms with Gasteiger partial charge in [-0.1, -0.05) is 32.1 Å². The molecule has 0 aliphatic heterocycles. The van der Waals surface area contributed by atoms with Crippen LogP contribution in [0.25, 0.3) is 0 Å². The van der Waals surface area contributed by atoms with Crippen LogP contribution in [0.4, 0.5) is 0 Å². The van der Waals surface area contributed by atoms with Crippen molar-refractivity contribution in [3.05, 3.63) is 0 Å². The number of rotatable bonds is 6. The fraction of sp³-hybridized carbons (Fsp3) is 1.00. The van der Waals surface area contributed by atoms with E-state index in [1.807, 2.05) is 0 Å². The Balaban J connectivity index is 1.99. The Hall–Kier alpha value is -0.0800. The molecule has 90 valence electrons. The summed E-state index contributed by atoms with van der Waals surface area (Å²) in [5.74, 6) is 1.01. The fourth-order valence-corrected chi connectivity index (χ4v) is 2.62. The van der Waals surface area contributed by atoms with E-state index in [9.17, 15) is 0 Å². The summed E-state index contributed by atoms with van der Waals surface area (Å²) in [5, 5.41) is 3.62. The van der Waals surface area contributed by atoms with Gasteiger partial charge in [0.25, 0.3) is 0 Å². The van der Waals surface area contributed by atoms with Gasteiger partial charge in [0.1, 0.15) is 0 Å². The van der Waals surface area contributed by atoms with Gasteiger partial charge in [-0.2, -0.15) is 0 Å². The molecule has 0 radical (unpaired) electrons. The predicted molar refractivity (Wildman–Crippen MR) is 67.2 cm³/mol. The lowest BCUT2D eigenvalue weighted by Gasteiger charge is -2.23. The minimum Gasteiger partial charge on any atom is -0.313 e. The van der Waals surface area contributed by atoms with Crippen LogP contribution < -0.4 is 5.32 Å². The SMILES string of the molecule is CC(CN(C)C)NCCC1CCCCC1. The van der Waals surface area contributed by atoms with Crippen molar-refractivity contribution >= 4 is 0 Å². The molecule has 0 amide bonds. The van der Waals surface area contributed by atoms with Gasteiger partial charge in [-0.25, -0.2) is 0 Å². The normalized spacial score (nSPS) is 20.8. The van der Waals surface area contributed by atoms with Crippen molar-refractivity contribution in [3.63, 3.8) is 0 Å². The van der Waals surface area contributed by atoms with Crippen LogP contribution in [-0.2, 0) is 0 Å². The molecule has 0 saturated heterocycles. The molecule has 0 bridgehead atoms. The lowest BCUT2D eigenvalue weighted by molar-refractivity contribution is 0.311. The number of nitrogens with zero attached hydrogens (tertiary/aromatic N) is 1. The van der Waals surface area contributed by atoms with Gasteiger partial charge in [0.2, 0.25) is 0 Å². The highest BCUT2D eigenvalue weighted by atomic mass is 15.1. The van der Waals surface area contributed by atoms with Crippen LogP contribution in [-0.4, -0.2) is 38.1 Å². The van der Waals surface area contributed by atoms with E-state index >= 15 is 0 Å². The highest BCUT2D eigenvalue weighted by Crippen LogP contribution is 2.25. The molecule has 2 heteroatoms. The first-order valence-corrected chi connectivity index (χ1v) is 6.56. The van der Waals surface area contributed by atoms with Crippen molar-refractivity contribution in [2.45, 2.75) is 51.5 Å². The maximum Gasteiger partial charge on any atom is 0.0166 e. The second-order valence-corrected chi connectivity index (χ2v) is 5.41. The van der Waals surface area contributed by atoms with E-state index in [1.54, 1.807) is 0 Å². The molecule has 2 nitrogen and oxygen atoms in total. The van der Waals surface area contributed by atoms with Gasteiger partial charge < -0.3 is 10.2 Å². The summed E-state index contributed by atoms with van der Waals surface area (Å²) in [7, 11) is 4.28. The van der Waals surface area contributed by atoms with Crippen molar-refractivity contribution < 1.29 is 0 Å². The van der Waals surface area contributed by atoms with Gasteiger partial charge in [0.15, 0.2) is 0 Å². The third-order valence-electron chi connectivity index (χ3n) is 3.41. The zero-order valence-electron chi connectivity index (χ0n) is 10.8. The first-order valence-electron chi connectivity index (χ1n) is 6.56. The number of hydrogen-bond acceptors (Lipinski definition) is 2. The zero-order valence-corrected chi connectivity index (χ0v) is 10.8. The Kier molecular flexibility index (Phi) is 6.26. The molecular formula is C13H28N2. The molecule has 1 fully saturated rings. The standard InChI is InChI=1S/C13H28N2/c1-12(11-15(2)3)14-10-9-13-7-5-4-6-8-13/h12-14H,4-11H2,1-3H3. The van der Waals surface area contributed by atoms with Gasteiger partial charge in [-0.05, 0) is 39.9 Å². The predicted octanol–water partition coefficient (Wildman–Crippen LogP) is 2.50. The largest absolute Gasteiger partial charge is 0.313 e. The lowest BCUT2D eigenvalue weighted by Crippen LogP contribution is -2.36. The minimum absolute atomic E-state index is 0.628.